The minimum Gasteiger partial charge on any atom is -0.463 e. The molecule has 0 aliphatic heterocycles. The van der Waals surface area contributed by atoms with Crippen molar-refractivity contribution < 1.29 is 37.9 Å². The Kier molecular flexibility index (Phi) is 25.7. The Labute approximate surface area is 236 Å². The molecule has 2 atom stereocenters. The molecule has 228 valence electrons. The van der Waals surface area contributed by atoms with E-state index in [9.17, 15) is 24.2 Å². The number of amides is 1. The molecule has 0 aliphatic rings. The van der Waals surface area contributed by atoms with Crippen molar-refractivity contribution in [2.45, 2.75) is 123 Å². The molecule has 3 N–H and O–H groups in total. The van der Waals surface area contributed by atoms with Crippen molar-refractivity contribution in [3.8, 4) is 0 Å². The van der Waals surface area contributed by atoms with Gasteiger partial charge in [0.05, 0.1) is 13.2 Å². The first kappa shape index (κ1) is 37.5. The summed E-state index contributed by atoms with van der Waals surface area (Å²) in [7, 11) is -4.38. The predicted octanol–water partition coefficient (Wildman–Crippen LogP) is 6.53. The number of phosphoric ester groups is 1. The van der Waals surface area contributed by atoms with Gasteiger partial charge in [0.15, 0.2) is 0 Å². The second-order valence-electron chi connectivity index (χ2n) is 9.72. The molecule has 0 bridgehead atoms. The molecule has 0 heterocycles. The first-order valence-corrected chi connectivity index (χ1v) is 16.3. The Hall–Kier alpha value is -1.51. The standard InChI is InChI=1S/C29H54NO8P/c1-3-5-7-8-9-10-11-12-13-14-15-16-17-18-19-20-22-29(33)36-25-27(31)26-38-39(34,35)37-24-23-30-28(32)21-6-4-2/h10-11,13-14,27,31H,3-9,12,15-26H2,1-2H3,(H,30,32)(H,34,35)/b11-10-,14-13-. The molecule has 0 aliphatic carbocycles. The van der Waals surface area contributed by atoms with E-state index in [0.29, 0.717) is 6.42 Å². The summed E-state index contributed by atoms with van der Waals surface area (Å²) in [6.07, 6.45) is 23.5. The first-order valence-electron chi connectivity index (χ1n) is 14.8. The van der Waals surface area contributed by atoms with Crippen molar-refractivity contribution in [1.82, 2.24) is 5.32 Å². The van der Waals surface area contributed by atoms with Gasteiger partial charge >= 0.3 is 13.8 Å². The second-order valence-corrected chi connectivity index (χ2v) is 11.2. The Balaban J connectivity index is 3.65. The minimum atomic E-state index is -4.38. The summed E-state index contributed by atoms with van der Waals surface area (Å²) in [6, 6.07) is 0. The van der Waals surface area contributed by atoms with Crippen LogP contribution in [0.25, 0.3) is 0 Å². The number of hydrogen-bond acceptors (Lipinski definition) is 7. The zero-order valence-corrected chi connectivity index (χ0v) is 25.2. The molecule has 0 aromatic rings. The monoisotopic (exact) mass is 575 g/mol. The van der Waals surface area contributed by atoms with Gasteiger partial charge in [-0.3, -0.25) is 18.6 Å². The molecule has 9 nitrogen and oxygen atoms in total. The number of aliphatic hydroxyl groups is 1. The fourth-order valence-electron chi connectivity index (χ4n) is 3.56. The van der Waals surface area contributed by atoms with E-state index in [4.69, 9.17) is 13.8 Å². The maximum atomic E-state index is 11.8. The molecule has 2 unspecified atom stereocenters. The van der Waals surface area contributed by atoms with E-state index in [1.807, 2.05) is 6.92 Å². The maximum absolute atomic E-state index is 11.8. The third-order valence-electron chi connectivity index (χ3n) is 5.88. The molecule has 0 aromatic heterocycles. The van der Waals surface area contributed by atoms with E-state index >= 15 is 0 Å². The first-order chi connectivity index (χ1) is 18.8. The number of hydrogen-bond donors (Lipinski definition) is 3. The van der Waals surface area contributed by atoms with Gasteiger partial charge in [-0.25, -0.2) is 4.57 Å². The van der Waals surface area contributed by atoms with Gasteiger partial charge in [0.1, 0.15) is 12.7 Å². The van der Waals surface area contributed by atoms with Crippen molar-refractivity contribution >= 4 is 19.7 Å². The van der Waals surface area contributed by atoms with Crippen molar-refractivity contribution in [3.05, 3.63) is 24.3 Å². The third kappa shape index (κ3) is 27.8. The number of rotatable bonds is 27. The number of esters is 1. The molecule has 1 amide bonds. The average molecular weight is 576 g/mol. The van der Waals surface area contributed by atoms with Crippen LogP contribution in [0.15, 0.2) is 24.3 Å². The topological polar surface area (TPSA) is 131 Å². The van der Waals surface area contributed by atoms with Gasteiger partial charge in [-0.1, -0.05) is 83.1 Å². The lowest BCUT2D eigenvalue weighted by Crippen LogP contribution is -2.27. The molecular formula is C29H54NO8P. The third-order valence-corrected chi connectivity index (χ3v) is 6.87. The number of carbonyl (C=O) groups is 2. The van der Waals surface area contributed by atoms with E-state index < -0.39 is 26.5 Å². The normalized spacial score (nSPS) is 14.1. The van der Waals surface area contributed by atoms with Crippen LogP contribution >= 0.6 is 7.82 Å². The van der Waals surface area contributed by atoms with Crippen molar-refractivity contribution in [1.29, 1.82) is 0 Å². The van der Waals surface area contributed by atoms with E-state index in [2.05, 4.69) is 36.5 Å². The molecule has 10 heteroatoms. The Bertz CT molecular complexity index is 713. The van der Waals surface area contributed by atoms with Crippen molar-refractivity contribution in [2.24, 2.45) is 0 Å². The minimum absolute atomic E-state index is 0.0743. The molecule has 0 saturated carbocycles. The predicted molar refractivity (Wildman–Crippen MR) is 155 cm³/mol. The highest BCUT2D eigenvalue weighted by atomic mass is 31.2. The summed E-state index contributed by atoms with van der Waals surface area (Å²) in [5, 5.41) is 12.4. The van der Waals surface area contributed by atoms with Crippen LogP contribution in [-0.4, -0.2) is 54.3 Å². The van der Waals surface area contributed by atoms with Gasteiger partial charge in [0, 0.05) is 19.4 Å². The molecule has 0 rings (SSSR count). The summed E-state index contributed by atoms with van der Waals surface area (Å²) < 4.78 is 26.3. The van der Waals surface area contributed by atoms with Crippen molar-refractivity contribution in [2.75, 3.05) is 26.4 Å². The number of phosphoric acid groups is 1. The Morgan fingerprint density at radius 1 is 0.795 bits per heavy atom. The Morgan fingerprint density at radius 3 is 2.08 bits per heavy atom. The largest absolute Gasteiger partial charge is 0.472 e. The summed E-state index contributed by atoms with van der Waals surface area (Å²) in [4.78, 5) is 32.9. The van der Waals surface area contributed by atoms with Crippen LogP contribution in [0.3, 0.4) is 0 Å². The van der Waals surface area contributed by atoms with Crippen LogP contribution in [0.1, 0.15) is 117 Å². The molecule has 0 aromatic carbocycles. The van der Waals surface area contributed by atoms with Gasteiger partial charge in [0.25, 0.3) is 0 Å². The smallest absolute Gasteiger partial charge is 0.463 e. The van der Waals surface area contributed by atoms with Gasteiger partial charge in [-0.05, 0) is 44.9 Å². The molecule has 39 heavy (non-hydrogen) atoms. The van der Waals surface area contributed by atoms with Crippen LogP contribution in [0.2, 0.25) is 0 Å². The number of aliphatic hydroxyl groups excluding tert-OH is 1. The molecule has 0 fully saturated rings. The van der Waals surface area contributed by atoms with E-state index in [1.165, 1.54) is 32.1 Å². The zero-order chi connectivity index (χ0) is 29.0. The van der Waals surface area contributed by atoms with Gasteiger partial charge in [-0.2, -0.15) is 0 Å². The fraction of sp³-hybridized carbons (Fsp3) is 0.793. The number of carbonyl (C=O) groups excluding carboxylic acids is 2. The molecule has 0 radical (unpaired) electrons. The molecule has 0 spiro atoms. The van der Waals surface area contributed by atoms with Crippen molar-refractivity contribution in [3.63, 3.8) is 0 Å². The van der Waals surface area contributed by atoms with Crippen LogP contribution in [-0.2, 0) is 27.9 Å². The second kappa shape index (κ2) is 26.7. The molecule has 0 saturated heterocycles. The SMILES string of the molecule is CCCCCC/C=C\C/C=C\CCCCCCCC(=O)OCC(O)COP(=O)(O)OCCNC(=O)CCCC. The summed E-state index contributed by atoms with van der Waals surface area (Å²) in [5.74, 6) is -0.570. The quantitative estimate of drug-likeness (QED) is 0.0436. The van der Waals surface area contributed by atoms with E-state index in [-0.39, 0.29) is 32.1 Å². The fourth-order valence-corrected chi connectivity index (χ4v) is 4.32. The number of ether oxygens (including phenoxy) is 1. The number of nitrogens with one attached hydrogen (secondary N) is 1. The van der Waals surface area contributed by atoms with Crippen LogP contribution < -0.4 is 5.32 Å². The lowest BCUT2D eigenvalue weighted by atomic mass is 10.1. The lowest BCUT2D eigenvalue weighted by Gasteiger charge is -2.15. The maximum Gasteiger partial charge on any atom is 0.472 e. The Morgan fingerprint density at radius 2 is 1.41 bits per heavy atom. The van der Waals surface area contributed by atoms with Gasteiger partial charge in [-0.15, -0.1) is 0 Å². The zero-order valence-electron chi connectivity index (χ0n) is 24.3. The summed E-state index contributed by atoms with van der Waals surface area (Å²) >= 11 is 0. The van der Waals surface area contributed by atoms with Gasteiger partial charge in [0.2, 0.25) is 5.91 Å². The summed E-state index contributed by atoms with van der Waals surface area (Å²) in [5.41, 5.74) is 0. The van der Waals surface area contributed by atoms with E-state index in [0.717, 1.165) is 57.8 Å². The van der Waals surface area contributed by atoms with E-state index in [1.54, 1.807) is 0 Å². The average Bonchev–Trinajstić information content (AvgIpc) is 2.91. The number of unbranched alkanes of at least 4 members (excludes halogenated alkanes) is 10. The van der Waals surface area contributed by atoms with Crippen LogP contribution in [0, 0.1) is 0 Å². The summed E-state index contributed by atoms with van der Waals surface area (Å²) in [6.45, 7) is 3.23. The number of allylic oxidation sites excluding steroid dienone is 4. The van der Waals surface area contributed by atoms with Gasteiger partial charge < -0.3 is 20.1 Å². The highest BCUT2D eigenvalue weighted by Crippen LogP contribution is 2.42. The highest BCUT2D eigenvalue weighted by Gasteiger charge is 2.23. The van der Waals surface area contributed by atoms with Crippen LogP contribution in [0.4, 0.5) is 0 Å². The lowest BCUT2D eigenvalue weighted by molar-refractivity contribution is -0.147. The van der Waals surface area contributed by atoms with Crippen LogP contribution in [0.5, 0.6) is 0 Å². The highest BCUT2D eigenvalue weighted by molar-refractivity contribution is 7.47. The molecular weight excluding hydrogens is 521 g/mol.